The number of para-hydroxylation sites is 1. The molecule has 0 fully saturated rings. The van der Waals surface area contributed by atoms with Gasteiger partial charge in [-0.1, -0.05) is 23.2 Å². The molecule has 2 aromatic heterocycles. The number of nitrogens with zero attached hydrogens (tertiary/aromatic N) is 5. The number of anilines is 1. The van der Waals surface area contributed by atoms with Crippen molar-refractivity contribution < 1.29 is 51.4 Å². The van der Waals surface area contributed by atoms with Crippen LogP contribution in [0.4, 0.5) is 5.69 Å². The normalized spacial score (nSPS) is 11.1. The van der Waals surface area contributed by atoms with Crippen LogP contribution in [-0.2, 0) is 12.6 Å². The Labute approximate surface area is 199 Å². The maximum Gasteiger partial charge on any atom is 1.00 e. The van der Waals surface area contributed by atoms with Crippen LogP contribution in [0.1, 0.15) is 22.6 Å². The van der Waals surface area contributed by atoms with Crippen molar-refractivity contribution in [1.29, 1.82) is 10.5 Å². The van der Waals surface area contributed by atoms with E-state index < -0.39 is 0 Å². The summed E-state index contributed by atoms with van der Waals surface area (Å²) in [5.41, 5.74) is 3.39. The number of benzene rings is 1. The van der Waals surface area contributed by atoms with Crippen LogP contribution in [0.3, 0.4) is 0 Å². The summed E-state index contributed by atoms with van der Waals surface area (Å²) in [7, 11) is 0. The molecule has 0 spiro atoms. The van der Waals surface area contributed by atoms with Crippen molar-refractivity contribution >= 4 is 29.5 Å². The average molecular weight is 385 g/mol. The second-order valence-electron chi connectivity index (χ2n) is 5.42. The van der Waals surface area contributed by atoms with Gasteiger partial charge in [0.1, 0.15) is 23.4 Å². The van der Waals surface area contributed by atoms with Gasteiger partial charge in [0.2, 0.25) is 0 Å². The Morgan fingerprint density at radius 2 is 1.88 bits per heavy atom. The zero-order valence-corrected chi connectivity index (χ0v) is 18.5. The minimum atomic E-state index is 0. The summed E-state index contributed by atoms with van der Waals surface area (Å²) in [5, 5.41) is 26.8. The SMILES string of the molecule is Cc1cc(C)n2nc(/C(C#N)=C(/[S-])Nc3ccccc3)c(C#N)c2n1.[K+]. The molecule has 1 aromatic carbocycles. The molecule has 0 radical (unpaired) electrons. The van der Waals surface area contributed by atoms with E-state index in [4.69, 9.17) is 12.6 Å². The van der Waals surface area contributed by atoms with Crippen molar-refractivity contribution in [1.82, 2.24) is 14.6 Å². The number of aromatic nitrogens is 3. The van der Waals surface area contributed by atoms with Gasteiger partial charge in [-0.05, 0) is 32.0 Å². The molecule has 0 amide bonds. The quantitative estimate of drug-likeness (QED) is 0.391. The van der Waals surface area contributed by atoms with Gasteiger partial charge < -0.3 is 17.9 Å². The molecule has 2 heterocycles. The Bertz CT molecular complexity index is 1070. The Kier molecular flexibility index (Phi) is 6.90. The molecule has 0 unspecified atom stereocenters. The Morgan fingerprint density at radius 3 is 2.50 bits per heavy atom. The summed E-state index contributed by atoms with van der Waals surface area (Å²) in [6, 6.07) is 15.3. The number of nitriles is 2. The van der Waals surface area contributed by atoms with Crippen LogP contribution in [0.2, 0.25) is 0 Å². The van der Waals surface area contributed by atoms with Crippen molar-refractivity contribution in [2.24, 2.45) is 0 Å². The Balaban J connectivity index is 0.00000243. The van der Waals surface area contributed by atoms with E-state index in [0.717, 1.165) is 17.1 Å². The molecule has 1 N–H and O–H groups in total. The minimum Gasteiger partial charge on any atom is -0.761 e. The second kappa shape index (κ2) is 8.74. The van der Waals surface area contributed by atoms with E-state index in [1.807, 2.05) is 50.2 Å². The van der Waals surface area contributed by atoms with E-state index in [-0.39, 0.29) is 73.2 Å². The maximum absolute atomic E-state index is 9.60. The standard InChI is InChI=1S/C18H14N6S.K/c1-11-8-12(2)24-17(21-11)14(9-19)16(23-24)15(10-20)18(25)22-13-6-4-3-5-7-13;/h3-8,22,25H,1-2H3;/q;+1/p-1/b18-15+;. The first-order valence-electron chi connectivity index (χ1n) is 7.46. The molecule has 0 saturated carbocycles. The van der Waals surface area contributed by atoms with E-state index in [0.29, 0.717) is 5.65 Å². The molecular formula is C18H13KN6S. The Hall–Kier alpha value is -1.78. The molecule has 122 valence electrons. The monoisotopic (exact) mass is 384 g/mol. The van der Waals surface area contributed by atoms with Gasteiger partial charge in [0.05, 0.1) is 5.57 Å². The minimum absolute atomic E-state index is 0. The largest absolute Gasteiger partial charge is 1.00 e. The molecule has 0 aliphatic carbocycles. The van der Waals surface area contributed by atoms with Gasteiger partial charge in [-0.25, -0.2) is 9.50 Å². The molecule has 8 heteroatoms. The smallest absolute Gasteiger partial charge is 0.761 e. The summed E-state index contributed by atoms with van der Waals surface area (Å²) >= 11 is 5.36. The first-order valence-corrected chi connectivity index (χ1v) is 7.87. The van der Waals surface area contributed by atoms with Crippen LogP contribution in [0.25, 0.3) is 11.2 Å². The van der Waals surface area contributed by atoms with Crippen molar-refractivity contribution in [3.63, 3.8) is 0 Å². The number of fused-ring (bicyclic) bond motifs is 1. The van der Waals surface area contributed by atoms with Crippen LogP contribution < -0.4 is 56.7 Å². The third kappa shape index (κ3) is 3.97. The summed E-state index contributed by atoms with van der Waals surface area (Å²) in [4.78, 5) is 4.38. The van der Waals surface area contributed by atoms with E-state index in [2.05, 4.69) is 27.5 Å². The number of hydrogen-bond acceptors (Lipinski definition) is 6. The topological polar surface area (TPSA) is 89.8 Å². The molecule has 26 heavy (non-hydrogen) atoms. The first-order chi connectivity index (χ1) is 12.0. The fourth-order valence-corrected chi connectivity index (χ4v) is 2.79. The van der Waals surface area contributed by atoms with Gasteiger partial charge in [-0.2, -0.15) is 15.6 Å². The van der Waals surface area contributed by atoms with Crippen molar-refractivity contribution in [2.75, 3.05) is 5.32 Å². The molecule has 0 aliphatic rings. The summed E-state index contributed by atoms with van der Waals surface area (Å²) < 4.78 is 1.56. The van der Waals surface area contributed by atoms with E-state index >= 15 is 0 Å². The van der Waals surface area contributed by atoms with Crippen molar-refractivity contribution in [3.8, 4) is 12.1 Å². The molecule has 0 atom stereocenters. The molecule has 0 bridgehead atoms. The fraction of sp³-hybridized carbons (Fsp3) is 0.111. The molecular weight excluding hydrogens is 371 g/mol. The van der Waals surface area contributed by atoms with Gasteiger partial charge in [-0.3, -0.25) is 0 Å². The fourth-order valence-electron chi connectivity index (χ4n) is 2.53. The third-order valence-electron chi connectivity index (χ3n) is 3.61. The molecule has 0 saturated heterocycles. The van der Waals surface area contributed by atoms with E-state index in [9.17, 15) is 10.5 Å². The molecule has 3 rings (SSSR count). The van der Waals surface area contributed by atoms with Crippen molar-refractivity contribution in [2.45, 2.75) is 13.8 Å². The maximum atomic E-state index is 9.60. The average Bonchev–Trinajstić information content (AvgIpc) is 2.95. The third-order valence-corrected chi connectivity index (χ3v) is 3.92. The van der Waals surface area contributed by atoms with Gasteiger partial charge in [0, 0.05) is 17.1 Å². The van der Waals surface area contributed by atoms with Gasteiger partial charge >= 0.3 is 51.4 Å². The first kappa shape index (κ1) is 20.5. The van der Waals surface area contributed by atoms with Gasteiger partial charge in [0.15, 0.2) is 5.65 Å². The predicted octanol–water partition coefficient (Wildman–Crippen LogP) is 0.0730. The molecule has 3 aromatic rings. The van der Waals surface area contributed by atoms with Crippen LogP contribution in [0, 0.1) is 36.5 Å². The van der Waals surface area contributed by atoms with Gasteiger partial charge in [-0.15, -0.1) is 0 Å². The number of nitrogens with one attached hydrogen (secondary N) is 1. The summed E-state index contributed by atoms with van der Waals surface area (Å²) in [5.74, 6) is 0. The van der Waals surface area contributed by atoms with Crippen LogP contribution >= 0.6 is 0 Å². The number of aryl methyl sites for hydroxylation is 2. The predicted molar refractivity (Wildman–Crippen MR) is 97.1 cm³/mol. The van der Waals surface area contributed by atoms with Crippen LogP contribution in [0.5, 0.6) is 0 Å². The summed E-state index contributed by atoms with van der Waals surface area (Å²) in [6.45, 7) is 3.71. The zero-order valence-electron chi connectivity index (χ0n) is 14.6. The molecule has 6 nitrogen and oxygen atoms in total. The molecule has 0 aliphatic heterocycles. The number of allylic oxidation sites excluding steroid dienone is 1. The van der Waals surface area contributed by atoms with E-state index in [1.165, 1.54) is 0 Å². The second-order valence-corrected chi connectivity index (χ2v) is 5.82. The van der Waals surface area contributed by atoms with Crippen LogP contribution in [-0.4, -0.2) is 14.6 Å². The number of hydrogen-bond donors (Lipinski definition) is 1. The van der Waals surface area contributed by atoms with Crippen molar-refractivity contribution in [3.05, 3.63) is 64.1 Å². The van der Waals surface area contributed by atoms with E-state index in [1.54, 1.807) is 4.52 Å². The summed E-state index contributed by atoms with van der Waals surface area (Å²) in [6.07, 6.45) is 0. The van der Waals surface area contributed by atoms with Crippen LogP contribution in [0.15, 0.2) is 41.4 Å². The Morgan fingerprint density at radius 1 is 1.19 bits per heavy atom. The number of rotatable bonds is 3. The zero-order chi connectivity index (χ0) is 18.0. The van der Waals surface area contributed by atoms with Gasteiger partial charge in [0.25, 0.3) is 0 Å².